The highest BCUT2D eigenvalue weighted by molar-refractivity contribution is 5.95. The van der Waals surface area contributed by atoms with E-state index in [2.05, 4.69) is 41.5 Å². The quantitative estimate of drug-likeness (QED) is 0.785. The highest BCUT2D eigenvalue weighted by Crippen LogP contribution is 2.40. The lowest BCUT2D eigenvalue weighted by Crippen LogP contribution is -2.50. The molecule has 4 heteroatoms. The number of aromatic nitrogens is 1. The van der Waals surface area contributed by atoms with Crippen LogP contribution in [0, 0.1) is 6.92 Å². The van der Waals surface area contributed by atoms with Crippen molar-refractivity contribution in [2.75, 3.05) is 6.61 Å². The number of fused-ring (bicyclic) bond motifs is 1. The van der Waals surface area contributed by atoms with Gasteiger partial charge in [0.2, 0.25) is 0 Å². The highest BCUT2D eigenvalue weighted by atomic mass is 16.5. The summed E-state index contributed by atoms with van der Waals surface area (Å²) in [4.78, 5) is 17.6. The Morgan fingerprint density at radius 2 is 1.81 bits per heavy atom. The molecule has 1 aliphatic heterocycles. The van der Waals surface area contributed by atoms with Crippen LogP contribution in [-0.2, 0) is 5.54 Å². The molecule has 4 nitrogen and oxygen atoms in total. The summed E-state index contributed by atoms with van der Waals surface area (Å²) >= 11 is 0. The minimum Gasteiger partial charge on any atom is -0.491 e. The fourth-order valence-electron chi connectivity index (χ4n) is 3.43. The van der Waals surface area contributed by atoms with Crippen LogP contribution in [0.4, 0.5) is 0 Å². The first-order valence-electron chi connectivity index (χ1n) is 8.72. The lowest BCUT2D eigenvalue weighted by Gasteiger charge is -2.39. The van der Waals surface area contributed by atoms with Crippen LogP contribution >= 0.6 is 0 Å². The number of hydrogen-bond donors (Lipinski definition) is 1. The smallest absolute Gasteiger partial charge is 0.252 e. The van der Waals surface area contributed by atoms with Gasteiger partial charge in [-0.1, -0.05) is 48.0 Å². The molecule has 2 heterocycles. The maximum atomic E-state index is 13.0. The molecule has 0 saturated heterocycles. The molecule has 1 aliphatic rings. The van der Waals surface area contributed by atoms with Gasteiger partial charge in [0.25, 0.3) is 5.91 Å². The van der Waals surface area contributed by atoms with Crippen molar-refractivity contribution in [2.45, 2.75) is 18.9 Å². The van der Waals surface area contributed by atoms with Crippen molar-refractivity contribution in [1.82, 2.24) is 10.3 Å². The first kappa shape index (κ1) is 16.3. The Balaban J connectivity index is 1.83. The molecule has 0 fully saturated rings. The van der Waals surface area contributed by atoms with Crippen molar-refractivity contribution >= 4 is 5.91 Å². The lowest BCUT2D eigenvalue weighted by atomic mass is 9.81. The Kier molecular flexibility index (Phi) is 4.17. The van der Waals surface area contributed by atoms with Crippen LogP contribution in [0.2, 0.25) is 0 Å². The number of ether oxygens (including phenoxy) is 1. The van der Waals surface area contributed by atoms with Gasteiger partial charge in [0.1, 0.15) is 17.0 Å². The summed E-state index contributed by atoms with van der Waals surface area (Å²) in [6, 6.07) is 21.3. The van der Waals surface area contributed by atoms with Gasteiger partial charge in [-0.3, -0.25) is 9.78 Å². The van der Waals surface area contributed by atoms with Crippen molar-refractivity contribution in [3.63, 3.8) is 0 Å². The molecule has 1 amide bonds. The van der Waals surface area contributed by atoms with E-state index in [9.17, 15) is 4.79 Å². The van der Waals surface area contributed by atoms with E-state index in [4.69, 9.17) is 4.74 Å². The van der Waals surface area contributed by atoms with E-state index in [1.807, 2.05) is 42.5 Å². The number of benzene rings is 2. The van der Waals surface area contributed by atoms with Crippen LogP contribution in [0.15, 0.2) is 72.9 Å². The number of aryl methyl sites for hydroxylation is 1. The molecule has 0 bridgehead atoms. The number of amides is 1. The van der Waals surface area contributed by atoms with Crippen molar-refractivity contribution in [1.29, 1.82) is 0 Å². The average Bonchev–Trinajstić information content (AvgIpc) is 2.69. The van der Waals surface area contributed by atoms with Crippen molar-refractivity contribution in [3.8, 4) is 5.75 Å². The maximum absolute atomic E-state index is 13.0. The monoisotopic (exact) mass is 344 g/mol. The third-order valence-corrected chi connectivity index (χ3v) is 4.82. The first-order valence-corrected chi connectivity index (χ1v) is 8.72. The molecule has 130 valence electrons. The Hall–Kier alpha value is -3.14. The lowest BCUT2D eigenvalue weighted by molar-refractivity contribution is 0.0883. The SMILES string of the molecule is Cc1ccc(C2(NC(=O)c3ccccc3)CCOc3cccnc32)cc1. The van der Waals surface area contributed by atoms with Crippen LogP contribution in [0.5, 0.6) is 5.75 Å². The fraction of sp³-hybridized carbons (Fsp3) is 0.182. The molecule has 0 saturated carbocycles. The largest absolute Gasteiger partial charge is 0.491 e. The Labute approximate surface area is 152 Å². The number of nitrogens with zero attached hydrogens (tertiary/aromatic N) is 1. The molecule has 0 radical (unpaired) electrons. The van der Waals surface area contributed by atoms with E-state index in [1.54, 1.807) is 6.20 Å². The van der Waals surface area contributed by atoms with Crippen LogP contribution < -0.4 is 10.1 Å². The van der Waals surface area contributed by atoms with Gasteiger partial charge >= 0.3 is 0 Å². The molecule has 26 heavy (non-hydrogen) atoms. The second-order valence-corrected chi connectivity index (χ2v) is 6.54. The number of pyridine rings is 1. The number of carbonyl (C=O) groups is 1. The number of nitrogens with one attached hydrogen (secondary N) is 1. The standard InChI is InChI=1S/C22H20N2O2/c1-16-9-11-18(12-10-16)22(24-21(25)17-6-3-2-4-7-17)13-15-26-19-8-5-14-23-20(19)22/h2-12,14H,13,15H2,1H3,(H,24,25). The molecule has 4 rings (SSSR count). The normalized spacial score (nSPS) is 18.5. The van der Waals surface area contributed by atoms with E-state index in [0.29, 0.717) is 24.3 Å². The first-order chi connectivity index (χ1) is 12.7. The zero-order valence-corrected chi connectivity index (χ0v) is 14.6. The van der Waals surface area contributed by atoms with Crippen molar-refractivity contribution in [2.24, 2.45) is 0 Å². The summed E-state index contributed by atoms with van der Waals surface area (Å²) < 4.78 is 5.80. The second-order valence-electron chi connectivity index (χ2n) is 6.54. The zero-order valence-electron chi connectivity index (χ0n) is 14.6. The zero-order chi connectivity index (χ0) is 18.0. The summed E-state index contributed by atoms with van der Waals surface area (Å²) in [5.74, 6) is 0.595. The van der Waals surface area contributed by atoms with Crippen LogP contribution in [0.3, 0.4) is 0 Å². The van der Waals surface area contributed by atoms with Gasteiger partial charge in [-0.15, -0.1) is 0 Å². The minimum absolute atomic E-state index is 0.121. The van der Waals surface area contributed by atoms with Gasteiger partial charge < -0.3 is 10.1 Å². The van der Waals surface area contributed by atoms with Crippen molar-refractivity contribution in [3.05, 3.63) is 95.3 Å². The molecular weight excluding hydrogens is 324 g/mol. The van der Waals surface area contributed by atoms with Gasteiger partial charge in [0.05, 0.1) is 6.61 Å². The van der Waals surface area contributed by atoms with Crippen molar-refractivity contribution < 1.29 is 9.53 Å². The van der Waals surface area contributed by atoms with Gasteiger partial charge in [-0.2, -0.15) is 0 Å². The molecule has 1 atom stereocenters. The van der Waals surface area contributed by atoms with Gasteiger partial charge in [0.15, 0.2) is 0 Å². The van der Waals surface area contributed by atoms with Gasteiger partial charge in [0, 0.05) is 18.2 Å². The van der Waals surface area contributed by atoms with E-state index >= 15 is 0 Å². The number of hydrogen-bond acceptors (Lipinski definition) is 3. The van der Waals surface area contributed by atoms with Gasteiger partial charge in [-0.25, -0.2) is 0 Å². The summed E-state index contributed by atoms with van der Waals surface area (Å²) in [6.45, 7) is 2.57. The summed E-state index contributed by atoms with van der Waals surface area (Å²) in [5, 5.41) is 3.26. The third kappa shape index (κ3) is 2.84. The maximum Gasteiger partial charge on any atom is 0.252 e. The summed E-state index contributed by atoms with van der Waals surface area (Å²) in [6.07, 6.45) is 2.36. The van der Waals surface area contributed by atoms with E-state index in [0.717, 1.165) is 11.3 Å². The van der Waals surface area contributed by atoms with Crippen LogP contribution in [0.1, 0.15) is 33.6 Å². The van der Waals surface area contributed by atoms with Gasteiger partial charge in [-0.05, 0) is 36.8 Å². The predicted molar refractivity (Wildman–Crippen MR) is 100 cm³/mol. The topological polar surface area (TPSA) is 51.2 Å². The molecule has 1 aromatic heterocycles. The van der Waals surface area contributed by atoms with E-state index < -0.39 is 5.54 Å². The van der Waals surface area contributed by atoms with E-state index in [-0.39, 0.29) is 5.91 Å². The molecule has 0 aliphatic carbocycles. The highest BCUT2D eigenvalue weighted by Gasteiger charge is 2.42. The van der Waals surface area contributed by atoms with Crippen LogP contribution in [0.25, 0.3) is 0 Å². The molecule has 0 spiro atoms. The molecule has 2 aromatic carbocycles. The Bertz CT molecular complexity index is 922. The molecule has 1 N–H and O–H groups in total. The summed E-state index contributed by atoms with van der Waals surface area (Å²) in [5.41, 5.74) is 2.85. The minimum atomic E-state index is -0.713. The molecular formula is C22H20N2O2. The molecule has 1 unspecified atom stereocenters. The Morgan fingerprint density at radius 3 is 2.58 bits per heavy atom. The second kappa shape index (κ2) is 6.64. The number of rotatable bonds is 3. The van der Waals surface area contributed by atoms with Crippen LogP contribution in [-0.4, -0.2) is 17.5 Å². The average molecular weight is 344 g/mol. The van der Waals surface area contributed by atoms with E-state index in [1.165, 1.54) is 5.56 Å². The number of carbonyl (C=O) groups excluding carboxylic acids is 1. The third-order valence-electron chi connectivity index (χ3n) is 4.82. The summed E-state index contributed by atoms with van der Waals surface area (Å²) in [7, 11) is 0. The predicted octanol–water partition coefficient (Wildman–Crippen LogP) is 3.85. The fourth-order valence-corrected chi connectivity index (χ4v) is 3.43. The molecule has 3 aromatic rings. The Morgan fingerprint density at radius 1 is 1.04 bits per heavy atom.